The van der Waals surface area contributed by atoms with Gasteiger partial charge in [0.05, 0.1) is 0 Å². The summed E-state index contributed by atoms with van der Waals surface area (Å²) in [5.41, 5.74) is 0.127. The van der Waals surface area contributed by atoms with Crippen molar-refractivity contribution in [3.05, 3.63) is 12.4 Å². The monoisotopic (exact) mass is 238 g/mol. The minimum absolute atomic E-state index is 0.127. The van der Waals surface area contributed by atoms with Gasteiger partial charge in [-0.2, -0.15) is 0 Å². The highest BCUT2D eigenvalue weighted by Crippen LogP contribution is 2.12. The fourth-order valence-electron chi connectivity index (χ4n) is 1.44. The van der Waals surface area contributed by atoms with E-state index in [1.165, 1.54) is 12.8 Å². The van der Waals surface area contributed by atoms with Crippen LogP contribution in [-0.4, -0.2) is 40.6 Å². The molecule has 1 aromatic rings. The van der Waals surface area contributed by atoms with Crippen molar-refractivity contribution in [3.63, 3.8) is 0 Å². The van der Waals surface area contributed by atoms with Crippen LogP contribution in [0.5, 0.6) is 0 Å². The predicted molar refractivity (Wildman–Crippen MR) is 73.4 cm³/mol. The first-order valence-corrected chi connectivity index (χ1v) is 6.40. The Morgan fingerprint density at radius 2 is 2.12 bits per heavy atom. The average Bonchev–Trinajstić information content (AvgIpc) is 2.71. The summed E-state index contributed by atoms with van der Waals surface area (Å²) in [6.45, 7) is 8.59. The standard InChI is InChI=1S/C13H26N4/c1-6-7-9-17-10-8-14-12(17)15-11-13(2,3)16(4)5/h8,10H,6-7,9,11H2,1-5H3,(H,14,15). The summed E-state index contributed by atoms with van der Waals surface area (Å²) in [5.74, 6) is 0.980. The first kappa shape index (κ1) is 14.0. The van der Waals surface area contributed by atoms with Gasteiger partial charge < -0.3 is 14.8 Å². The molecule has 0 radical (unpaired) electrons. The minimum Gasteiger partial charge on any atom is -0.354 e. The number of unbranched alkanes of at least 4 members (excludes halogenated alkanes) is 1. The van der Waals surface area contributed by atoms with Crippen molar-refractivity contribution in [2.45, 2.75) is 45.7 Å². The molecule has 1 heterocycles. The van der Waals surface area contributed by atoms with E-state index in [1.807, 2.05) is 12.4 Å². The molecule has 0 spiro atoms. The Hall–Kier alpha value is -1.03. The fraction of sp³-hybridized carbons (Fsp3) is 0.769. The van der Waals surface area contributed by atoms with E-state index in [2.05, 4.69) is 54.6 Å². The normalized spacial score (nSPS) is 12.1. The SMILES string of the molecule is CCCCn1ccnc1NCC(C)(C)N(C)C. The van der Waals surface area contributed by atoms with Crippen molar-refractivity contribution < 1.29 is 0 Å². The van der Waals surface area contributed by atoms with Gasteiger partial charge in [-0.15, -0.1) is 0 Å². The number of anilines is 1. The quantitative estimate of drug-likeness (QED) is 0.792. The zero-order valence-electron chi connectivity index (χ0n) is 11.8. The molecule has 0 saturated heterocycles. The molecule has 0 fully saturated rings. The first-order chi connectivity index (χ1) is 7.97. The van der Waals surface area contributed by atoms with Crippen LogP contribution in [0.1, 0.15) is 33.6 Å². The number of imidazole rings is 1. The van der Waals surface area contributed by atoms with Crippen LogP contribution >= 0.6 is 0 Å². The Kier molecular flexibility index (Phi) is 5.00. The van der Waals surface area contributed by atoms with Gasteiger partial charge >= 0.3 is 0 Å². The van der Waals surface area contributed by atoms with Crippen LogP contribution in [0.4, 0.5) is 5.95 Å². The molecular formula is C13H26N4. The number of aryl methyl sites for hydroxylation is 1. The molecule has 1 N–H and O–H groups in total. The van der Waals surface area contributed by atoms with Gasteiger partial charge in [-0.05, 0) is 34.4 Å². The van der Waals surface area contributed by atoms with E-state index in [9.17, 15) is 0 Å². The molecule has 0 aliphatic carbocycles. The van der Waals surface area contributed by atoms with E-state index in [4.69, 9.17) is 0 Å². The van der Waals surface area contributed by atoms with Gasteiger partial charge in [0.15, 0.2) is 0 Å². The Morgan fingerprint density at radius 3 is 2.71 bits per heavy atom. The van der Waals surface area contributed by atoms with Gasteiger partial charge in [0.1, 0.15) is 0 Å². The van der Waals surface area contributed by atoms with Crippen molar-refractivity contribution in [2.24, 2.45) is 0 Å². The smallest absolute Gasteiger partial charge is 0.202 e. The molecule has 0 amide bonds. The number of likely N-dealkylation sites (N-methyl/N-ethyl adjacent to an activating group) is 1. The second-order valence-corrected chi connectivity index (χ2v) is 5.36. The molecule has 98 valence electrons. The van der Waals surface area contributed by atoms with Crippen molar-refractivity contribution in [1.82, 2.24) is 14.5 Å². The van der Waals surface area contributed by atoms with Crippen molar-refractivity contribution in [2.75, 3.05) is 26.0 Å². The van der Waals surface area contributed by atoms with E-state index in [0.717, 1.165) is 19.0 Å². The van der Waals surface area contributed by atoms with Gasteiger partial charge in [-0.1, -0.05) is 13.3 Å². The molecule has 0 atom stereocenters. The largest absolute Gasteiger partial charge is 0.354 e. The van der Waals surface area contributed by atoms with E-state index >= 15 is 0 Å². The van der Waals surface area contributed by atoms with E-state index in [1.54, 1.807) is 0 Å². The number of aromatic nitrogens is 2. The number of hydrogen-bond acceptors (Lipinski definition) is 3. The first-order valence-electron chi connectivity index (χ1n) is 6.40. The lowest BCUT2D eigenvalue weighted by Gasteiger charge is -2.32. The third kappa shape index (κ3) is 4.04. The molecule has 17 heavy (non-hydrogen) atoms. The minimum atomic E-state index is 0.127. The lowest BCUT2D eigenvalue weighted by Crippen LogP contribution is -2.44. The molecule has 0 saturated carbocycles. The molecule has 0 bridgehead atoms. The highest BCUT2D eigenvalue weighted by molar-refractivity contribution is 5.26. The maximum absolute atomic E-state index is 4.36. The van der Waals surface area contributed by atoms with Crippen LogP contribution in [0.2, 0.25) is 0 Å². The summed E-state index contributed by atoms with van der Waals surface area (Å²) in [7, 11) is 4.20. The topological polar surface area (TPSA) is 33.1 Å². The third-order valence-electron chi connectivity index (χ3n) is 3.36. The summed E-state index contributed by atoms with van der Waals surface area (Å²) < 4.78 is 2.19. The molecule has 1 aromatic heterocycles. The number of nitrogens with one attached hydrogen (secondary N) is 1. The molecule has 0 aliphatic heterocycles. The zero-order chi connectivity index (χ0) is 12.9. The van der Waals surface area contributed by atoms with Gasteiger partial charge in [0, 0.05) is 31.0 Å². The molecule has 0 unspecified atom stereocenters. The Balaban J connectivity index is 2.54. The molecule has 1 rings (SSSR count). The summed E-state index contributed by atoms with van der Waals surface area (Å²) in [5, 5.41) is 3.43. The van der Waals surface area contributed by atoms with Gasteiger partial charge in [0.2, 0.25) is 5.95 Å². The second-order valence-electron chi connectivity index (χ2n) is 5.36. The van der Waals surface area contributed by atoms with Crippen molar-refractivity contribution >= 4 is 5.95 Å². The van der Waals surface area contributed by atoms with Crippen LogP contribution in [0.3, 0.4) is 0 Å². The Morgan fingerprint density at radius 1 is 1.41 bits per heavy atom. The highest BCUT2D eigenvalue weighted by Gasteiger charge is 2.20. The third-order valence-corrected chi connectivity index (χ3v) is 3.36. The highest BCUT2D eigenvalue weighted by atomic mass is 15.2. The zero-order valence-corrected chi connectivity index (χ0v) is 11.8. The molecule has 4 nitrogen and oxygen atoms in total. The van der Waals surface area contributed by atoms with Gasteiger partial charge in [-0.3, -0.25) is 0 Å². The lowest BCUT2D eigenvalue weighted by atomic mass is 10.1. The second kappa shape index (κ2) is 6.05. The molecule has 0 aromatic carbocycles. The summed E-state index contributed by atoms with van der Waals surface area (Å²) >= 11 is 0. The molecule has 4 heteroatoms. The number of nitrogens with zero attached hydrogens (tertiary/aromatic N) is 3. The van der Waals surface area contributed by atoms with Crippen molar-refractivity contribution in [1.29, 1.82) is 0 Å². The fourth-order valence-corrected chi connectivity index (χ4v) is 1.44. The Labute approximate surface area is 105 Å². The summed E-state index contributed by atoms with van der Waals surface area (Å²) in [4.78, 5) is 6.59. The molecular weight excluding hydrogens is 212 g/mol. The maximum atomic E-state index is 4.36. The Bertz CT molecular complexity index is 328. The summed E-state index contributed by atoms with van der Waals surface area (Å²) in [6.07, 6.45) is 6.31. The number of hydrogen-bond donors (Lipinski definition) is 1. The van der Waals surface area contributed by atoms with Crippen LogP contribution in [0, 0.1) is 0 Å². The molecule has 0 aliphatic rings. The maximum Gasteiger partial charge on any atom is 0.202 e. The van der Waals surface area contributed by atoms with E-state index < -0.39 is 0 Å². The number of rotatable bonds is 7. The van der Waals surface area contributed by atoms with Crippen LogP contribution in [-0.2, 0) is 6.54 Å². The van der Waals surface area contributed by atoms with Gasteiger partial charge in [0.25, 0.3) is 0 Å². The van der Waals surface area contributed by atoms with E-state index in [-0.39, 0.29) is 5.54 Å². The van der Waals surface area contributed by atoms with Crippen LogP contribution in [0.25, 0.3) is 0 Å². The van der Waals surface area contributed by atoms with E-state index in [0.29, 0.717) is 0 Å². The van der Waals surface area contributed by atoms with Crippen LogP contribution in [0.15, 0.2) is 12.4 Å². The van der Waals surface area contributed by atoms with Crippen LogP contribution < -0.4 is 5.32 Å². The summed E-state index contributed by atoms with van der Waals surface area (Å²) in [6, 6.07) is 0. The van der Waals surface area contributed by atoms with Gasteiger partial charge in [-0.25, -0.2) is 4.98 Å². The average molecular weight is 238 g/mol. The lowest BCUT2D eigenvalue weighted by molar-refractivity contribution is 0.209. The van der Waals surface area contributed by atoms with Crippen molar-refractivity contribution in [3.8, 4) is 0 Å². The predicted octanol–water partition coefficient (Wildman–Crippen LogP) is 2.44.